The second-order valence-electron chi connectivity index (χ2n) is 6.92. The van der Waals surface area contributed by atoms with E-state index in [1.807, 2.05) is 0 Å². The molecule has 0 N–H and O–H groups in total. The van der Waals surface area contributed by atoms with Crippen LogP contribution in [0.25, 0.3) is 0 Å². The van der Waals surface area contributed by atoms with Gasteiger partial charge in [-0.3, -0.25) is 10.1 Å². The van der Waals surface area contributed by atoms with Crippen molar-refractivity contribution in [3.8, 4) is 0 Å². The number of non-ortho nitro benzene ring substituents is 1. The van der Waals surface area contributed by atoms with Gasteiger partial charge in [0, 0.05) is 24.2 Å². The van der Waals surface area contributed by atoms with Crippen LogP contribution in [0.1, 0.15) is 56.9 Å². The van der Waals surface area contributed by atoms with Gasteiger partial charge in [0.25, 0.3) is 5.69 Å². The maximum absolute atomic E-state index is 13.4. The molecule has 0 bridgehead atoms. The summed E-state index contributed by atoms with van der Waals surface area (Å²) >= 11 is 0. The van der Waals surface area contributed by atoms with E-state index in [2.05, 4.69) is 0 Å². The van der Waals surface area contributed by atoms with Gasteiger partial charge in [-0.15, -0.1) is 0 Å². The number of nitro groups is 1. The standard InChI is InChI=1S/C17H24N2O4S/c1-13-10-11-16(19(20)21)12-17(13)24(22,23)18(14-6-2-3-7-14)15-8-4-5-9-15/h10-12,14-15H,2-9H2,1H3. The summed E-state index contributed by atoms with van der Waals surface area (Å²) < 4.78 is 28.5. The Morgan fingerprint density at radius 1 is 1.04 bits per heavy atom. The molecule has 7 heteroatoms. The first-order valence-electron chi connectivity index (χ1n) is 8.70. The first-order chi connectivity index (χ1) is 11.4. The van der Waals surface area contributed by atoms with Gasteiger partial charge in [-0.2, -0.15) is 4.31 Å². The summed E-state index contributed by atoms with van der Waals surface area (Å²) in [5.41, 5.74) is 0.401. The topological polar surface area (TPSA) is 80.5 Å². The Hall–Kier alpha value is -1.47. The lowest BCUT2D eigenvalue weighted by atomic mass is 10.2. The zero-order valence-electron chi connectivity index (χ0n) is 14.0. The Kier molecular flexibility index (Phi) is 4.92. The van der Waals surface area contributed by atoms with Crippen LogP contribution in [0.2, 0.25) is 0 Å². The Labute approximate surface area is 143 Å². The Bertz CT molecular complexity index is 704. The van der Waals surface area contributed by atoms with Crippen molar-refractivity contribution in [2.45, 2.75) is 75.3 Å². The van der Waals surface area contributed by atoms with E-state index in [1.165, 1.54) is 18.2 Å². The number of hydrogen-bond acceptors (Lipinski definition) is 4. The van der Waals surface area contributed by atoms with Crippen LogP contribution in [-0.4, -0.2) is 29.7 Å². The number of benzene rings is 1. The van der Waals surface area contributed by atoms with Gasteiger partial charge in [-0.1, -0.05) is 31.7 Å². The van der Waals surface area contributed by atoms with Crippen LogP contribution >= 0.6 is 0 Å². The largest absolute Gasteiger partial charge is 0.270 e. The van der Waals surface area contributed by atoms with E-state index in [0.29, 0.717) is 5.56 Å². The second kappa shape index (κ2) is 6.80. The van der Waals surface area contributed by atoms with E-state index in [-0.39, 0.29) is 22.7 Å². The van der Waals surface area contributed by atoms with Gasteiger partial charge < -0.3 is 0 Å². The number of rotatable bonds is 5. The number of hydrogen-bond donors (Lipinski definition) is 0. The molecule has 0 saturated heterocycles. The van der Waals surface area contributed by atoms with Crippen molar-refractivity contribution < 1.29 is 13.3 Å². The SMILES string of the molecule is Cc1ccc([N+](=O)[O-])cc1S(=O)(=O)N(C1CCCC1)C1CCCC1. The summed E-state index contributed by atoms with van der Waals surface area (Å²) in [7, 11) is -3.73. The van der Waals surface area contributed by atoms with Crippen molar-refractivity contribution in [3.63, 3.8) is 0 Å². The smallest absolute Gasteiger partial charge is 0.258 e. The van der Waals surface area contributed by atoms with E-state index in [0.717, 1.165) is 51.4 Å². The average molecular weight is 352 g/mol. The summed E-state index contributed by atoms with van der Waals surface area (Å²) in [5, 5.41) is 11.1. The van der Waals surface area contributed by atoms with Crippen LogP contribution in [-0.2, 0) is 10.0 Å². The summed E-state index contributed by atoms with van der Waals surface area (Å²) in [4.78, 5) is 10.6. The third-order valence-electron chi connectivity index (χ3n) is 5.31. The van der Waals surface area contributed by atoms with E-state index in [9.17, 15) is 18.5 Å². The minimum absolute atomic E-state index is 0.0387. The van der Waals surface area contributed by atoms with Crippen molar-refractivity contribution in [2.75, 3.05) is 0 Å². The van der Waals surface area contributed by atoms with Gasteiger partial charge in [0.2, 0.25) is 10.0 Å². The molecule has 0 aliphatic heterocycles. The van der Waals surface area contributed by atoms with E-state index < -0.39 is 14.9 Å². The predicted octanol–water partition coefficient (Wildman–Crippen LogP) is 3.78. The van der Waals surface area contributed by atoms with Crippen molar-refractivity contribution in [2.24, 2.45) is 0 Å². The lowest BCUT2D eigenvalue weighted by Gasteiger charge is -2.33. The third-order valence-corrected chi connectivity index (χ3v) is 7.45. The lowest BCUT2D eigenvalue weighted by molar-refractivity contribution is -0.385. The summed E-state index contributed by atoms with van der Waals surface area (Å²) in [6.07, 6.45) is 7.78. The molecule has 2 fully saturated rings. The van der Waals surface area contributed by atoms with Crippen LogP contribution in [0.3, 0.4) is 0 Å². The molecule has 0 amide bonds. The van der Waals surface area contributed by atoms with E-state index in [1.54, 1.807) is 11.2 Å². The molecule has 0 unspecified atom stereocenters. The van der Waals surface area contributed by atoms with Crippen molar-refractivity contribution in [1.29, 1.82) is 0 Å². The minimum Gasteiger partial charge on any atom is -0.258 e. The molecule has 0 aromatic heterocycles. The van der Waals surface area contributed by atoms with Gasteiger partial charge in [0.15, 0.2) is 0 Å². The van der Waals surface area contributed by atoms with Crippen LogP contribution in [0, 0.1) is 17.0 Å². The fourth-order valence-electron chi connectivity index (χ4n) is 4.10. The van der Waals surface area contributed by atoms with Crippen molar-refractivity contribution in [3.05, 3.63) is 33.9 Å². The molecule has 0 atom stereocenters. The zero-order valence-corrected chi connectivity index (χ0v) is 14.8. The molecule has 1 aromatic carbocycles. The molecule has 0 heterocycles. The monoisotopic (exact) mass is 352 g/mol. The maximum atomic E-state index is 13.4. The highest BCUT2D eigenvalue weighted by Gasteiger charge is 2.40. The van der Waals surface area contributed by atoms with Crippen LogP contribution in [0.5, 0.6) is 0 Å². The van der Waals surface area contributed by atoms with E-state index in [4.69, 9.17) is 0 Å². The molecule has 2 aliphatic rings. The van der Waals surface area contributed by atoms with Crippen LogP contribution < -0.4 is 0 Å². The zero-order chi connectivity index (χ0) is 17.3. The summed E-state index contributed by atoms with van der Waals surface area (Å²) in [6, 6.07) is 4.20. The highest BCUT2D eigenvalue weighted by atomic mass is 32.2. The van der Waals surface area contributed by atoms with Gasteiger partial charge in [-0.05, 0) is 38.2 Å². The van der Waals surface area contributed by atoms with Crippen molar-refractivity contribution in [1.82, 2.24) is 4.31 Å². The highest BCUT2D eigenvalue weighted by Crippen LogP contribution is 2.37. The summed E-state index contributed by atoms with van der Waals surface area (Å²) in [5.74, 6) is 0. The second-order valence-corrected chi connectivity index (χ2v) is 8.73. The Morgan fingerprint density at radius 3 is 2.00 bits per heavy atom. The van der Waals surface area contributed by atoms with Gasteiger partial charge in [0.1, 0.15) is 0 Å². The third kappa shape index (κ3) is 3.19. The number of sulfonamides is 1. The first-order valence-corrected chi connectivity index (χ1v) is 10.1. The van der Waals surface area contributed by atoms with E-state index >= 15 is 0 Å². The first kappa shape index (κ1) is 17.4. The molecule has 3 rings (SSSR count). The minimum atomic E-state index is -3.73. The molecule has 24 heavy (non-hydrogen) atoms. The predicted molar refractivity (Wildman–Crippen MR) is 91.4 cm³/mol. The van der Waals surface area contributed by atoms with Crippen LogP contribution in [0.15, 0.2) is 23.1 Å². The van der Waals surface area contributed by atoms with Gasteiger partial charge in [0.05, 0.1) is 9.82 Å². The summed E-state index contributed by atoms with van der Waals surface area (Å²) in [6.45, 7) is 1.71. The van der Waals surface area contributed by atoms with Crippen LogP contribution in [0.4, 0.5) is 5.69 Å². The highest BCUT2D eigenvalue weighted by molar-refractivity contribution is 7.89. The molecule has 0 radical (unpaired) electrons. The van der Waals surface area contributed by atoms with Gasteiger partial charge >= 0.3 is 0 Å². The fraction of sp³-hybridized carbons (Fsp3) is 0.647. The maximum Gasteiger partial charge on any atom is 0.270 e. The van der Waals surface area contributed by atoms with Crippen molar-refractivity contribution >= 4 is 15.7 Å². The number of aryl methyl sites for hydroxylation is 1. The number of nitro benzene ring substituents is 1. The lowest BCUT2D eigenvalue weighted by Crippen LogP contribution is -2.45. The molecule has 6 nitrogen and oxygen atoms in total. The normalized spacial score (nSPS) is 20.1. The molecular formula is C17H24N2O4S. The molecule has 1 aromatic rings. The average Bonchev–Trinajstić information content (AvgIpc) is 3.21. The molecular weight excluding hydrogens is 328 g/mol. The molecule has 0 spiro atoms. The number of nitrogens with zero attached hydrogens (tertiary/aromatic N) is 2. The molecule has 132 valence electrons. The Morgan fingerprint density at radius 2 is 1.54 bits per heavy atom. The Balaban J connectivity index is 2.05. The van der Waals surface area contributed by atoms with Gasteiger partial charge in [-0.25, -0.2) is 8.42 Å². The molecule has 2 aliphatic carbocycles. The fourth-order valence-corrected chi connectivity index (χ4v) is 6.28. The quantitative estimate of drug-likeness (QED) is 0.596. The molecule has 2 saturated carbocycles.